The Kier molecular flexibility index (Phi) is 14.0. The summed E-state index contributed by atoms with van der Waals surface area (Å²) in [6, 6.07) is 4.35. The number of carbonyl (C=O) groups is 1. The van der Waals surface area contributed by atoms with Crippen LogP contribution in [0.3, 0.4) is 0 Å². The van der Waals surface area contributed by atoms with Crippen LogP contribution in [0.2, 0.25) is 0 Å². The minimum absolute atomic E-state index is 0.00354. The molecule has 0 amide bonds. The standard InChI is InChI=1S/C25H40O3/c1-2-3-4-5-6-7-8-9-10-11-12-13-14-15-16-17-23(26)18-22-19-24(27)21-25(28)20-22/h9-10,19-21,27-28H,2-8,11-18H2,1H3. The third-order valence-electron chi connectivity index (χ3n) is 5.08. The third kappa shape index (κ3) is 13.4. The largest absolute Gasteiger partial charge is 0.508 e. The molecule has 0 bridgehead atoms. The maximum atomic E-state index is 12.0. The van der Waals surface area contributed by atoms with Gasteiger partial charge in [-0.2, -0.15) is 0 Å². The van der Waals surface area contributed by atoms with E-state index < -0.39 is 0 Å². The first-order chi connectivity index (χ1) is 13.6. The van der Waals surface area contributed by atoms with Gasteiger partial charge in [0.15, 0.2) is 0 Å². The van der Waals surface area contributed by atoms with Crippen LogP contribution in [0.5, 0.6) is 11.5 Å². The molecule has 1 aromatic carbocycles. The molecule has 0 fully saturated rings. The van der Waals surface area contributed by atoms with Crippen molar-refractivity contribution < 1.29 is 15.0 Å². The number of Topliss-reactive ketones (excluding diaryl/α,β-unsaturated/α-hetero) is 1. The van der Waals surface area contributed by atoms with Crippen molar-refractivity contribution in [1.29, 1.82) is 0 Å². The lowest BCUT2D eigenvalue weighted by atomic mass is 10.0. The second kappa shape index (κ2) is 16.2. The average molecular weight is 389 g/mol. The zero-order valence-electron chi connectivity index (χ0n) is 17.8. The number of phenolic OH excluding ortho intramolecular Hbond substituents is 2. The van der Waals surface area contributed by atoms with Crippen LogP contribution in [0.1, 0.15) is 102 Å². The van der Waals surface area contributed by atoms with E-state index in [2.05, 4.69) is 19.1 Å². The normalized spacial score (nSPS) is 11.3. The quantitative estimate of drug-likeness (QED) is 0.218. The molecule has 0 aromatic heterocycles. The van der Waals surface area contributed by atoms with E-state index in [-0.39, 0.29) is 23.7 Å². The first-order valence-corrected chi connectivity index (χ1v) is 11.3. The first kappa shape index (κ1) is 24.3. The molecule has 1 aromatic rings. The molecule has 0 spiro atoms. The van der Waals surface area contributed by atoms with E-state index >= 15 is 0 Å². The summed E-state index contributed by atoms with van der Waals surface area (Å²) < 4.78 is 0. The highest BCUT2D eigenvalue weighted by Gasteiger charge is 2.06. The van der Waals surface area contributed by atoms with Gasteiger partial charge in [-0.3, -0.25) is 4.79 Å². The van der Waals surface area contributed by atoms with Gasteiger partial charge in [-0.05, 0) is 49.8 Å². The van der Waals surface area contributed by atoms with Gasteiger partial charge in [0.1, 0.15) is 17.3 Å². The van der Waals surface area contributed by atoms with E-state index in [0.717, 1.165) is 12.8 Å². The van der Waals surface area contributed by atoms with Crippen molar-refractivity contribution in [3.05, 3.63) is 35.9 Å². The highest BCUT2D eigenvalue weighted by Crippen LogP contribution is 2.21. The molecule has 2 N–H and O–H groups in total. The molecule has 3 nitrogen and oxygen atoms in total. The van der Waals surface area contributed by atoms with Gasteiger partial charge in [0.05, 0.1) is 0 Å². The fraction of sp³-hybridized carbons (Fsp3) is 0.640. The predicted octanol–water partition coefficient (Wildman–Crippen LogP) is 7.25. The fourth-order valence-electron chi connectivity index (χ4n) is 3.47. The zero-order chi connectivity index (χ0) is 20.5. The topological polar surface area (TPSA) is 57.5 Å². The number of hydrogen-bond acceptors (Lipinski definition) is 3. The number of allylic oxidation sites excluding steroid dienone is 2. The van der Waals surface area contributed by atoms with Crippen LogP contribution in [0.4, 0.5) is 0 Å². The predicted molar refractivity (Wildman–Crippen MR) is 118 cm³/mol. The summed E-state index contributed by atoms with van der Waals surface area (Å²) in [7, 11) is 0. The number of carbonyl (C=O) groups excluding carboxylic acids is 1. The SMILES string of the molecule is CCCCCCCCC=CCCCCCCCC(=O)Cc1cc(O)cc(O)c1. The fourth-order valence-corrected chi connectivity index (χ4v) is 3.47. The van der Waals surface area contributed by atoms with Crippen molar-refractivity contribution in [3.8, 4) is 11.5 Å². The molecule has 0 heterocycles. The highest BCUT2D eigenvalue weighted by molar-refractivity contribution is 5.81. The van der Waals surface area contributed by atoms with Crippen LogP contribution < -0.4 is 0 Å². The summed E-state index contributed by atoms with van der Waals surface area (Å²) >= 11 is 0. The van der Waals surface area contributed by atoms with Gasteiger partial charge < -0.3 is 10.2 Å². The number of benzene rings is 1. The van der Waals surface area contributed by atoms with Gasteiger partial charge in [-0.25, -0.2) is 0 Å². The molecule has 3 heteroatoms. The van der Waals surface area contributed by atoms with E-state index in [1.165, 1.54) is 88.8 Å². The average Bonchev–Trinajstić information content (AvgIpc) is 2.64. The molecule has 0 saturated heterocycles. The van der Waals surface area contributed by atoms with Gasteiger partial charge in [0.25, 0.3) is 0 Å². The molecule has 0 radical (unpaired) electrons. The van der Waals surface area contributed by atoms with E-state index in [4.69, 9.17) is 0 Å². The number of hydrogen-bond donors (Lipinski definition) is 2. The highest BCUT2D eigenvalue weighted by atomic mass is 16.3. The van der Waals surface area contributed by atoms with Crippen LogP contribution in [0.15, 0.2) is 30.4 Å². The molecule has 0 aliphatic heterocycles. The zero-order valence-corrected chi connectivity index (χ0v) is 17.8. The Morgan fingerprint density at radius 2 is 1.25 bits per heavy atom. The maximum Gasteiger partial charge on any atom is 0.137 e. The molecule has 0 atom stereocenters. The van der Waals surface area contributed by atoms with Crippen molar-refractivity contribution >= 4 is 5.78 Å². The van der Waals surface area contributed by atoms with Crippen molar-refractivity contribution in [2.75, 3.05) is 0 Å². The molecular formula is C25H40O3. The lowest BCUT2D eigenvalue weighted by Crippen LogP contribution is -2.02. The van der Waals surface area contributed by atoms with Crippen LogP contribution in [-0.2, 0) is 11.2 Å². The number of ketones is 1. The second-order valence-electron chi connectivity index (χ2n) is 7.91. The number of rotatable bonds is 17. The van der Waals surface area contributed by atoms with Crippen LogP contribution >= 0.6 is 0 Å². The molecule has 158 valence electrons. The Morgan fingerprint density at radius 3 is 1.82 bits per heavy atom. The Balaban J connectivity index is 1.92. The van der Waals surface area contributed by atoms with Crippen molar-refractivity contribution in [3.63, 3.8) is 0 Å². The Morgan fingerprint density at radius 1 is 0.750 bits per heavy atom. The Bertz CT molecular complexity index is 543. The number of unbranched alkanes of at least 4 members (excludes halogenated alkanes) is 11. The first-order valence-electron chi connectivity index (χ1n) is 11.3. The van der Waals surface area contributed by atoms with Crippen LogP contribution in [0.25, 0.3) is 0 Å². The minimum atomic E-state index is 0.00354. The van der Waals surface area contributed by atoms with Crippen molar-refractivity contribution in [1.82, 2.24) is 0 Å². The van der Waals surface area contributed by atoms with Gasteiger partial charge in [0, 0.05) is 18.9 Å². The van der Waals surface area contributed by atoms with Crippen LogP contribution in [-0.4, -0.2) is 16.0 Å². The van der Waals surface area contributed by atoms with E-state index in [1.54, 1.807) is 0 Å². The number of aromatic hydroxyl groups is 2. The monoisotopic (exact) mass is 388 g/mol. The summed E-state index contributed by atoms with van der Waals surface area (Å²) in [5.74, 6) is 0.176. The van der Waals surface area contributed by atoms with E-state index in [1.807, 2.05) is 0 Å². The summed E-state index contributed by atoms with van der Waals surface area (Å²) in [5, 5.41) is 18.9. The van der Waals surface area contributed by atoms with Crippen molar-refractivity contribution in [2.24, 2.45) is 0 Å². The summed E-state index contributed by atoms with van der Waals surface area (Å²) in [5.41, 5.74) is 0.676. The maximum absolute atomic E-state index is 12.0. The molecule has 0 saturated carbocycles. The molecule has 0 aliphatic carbocycles. The second-order valence-corrected chi connectivity index (χ2v) is 7.91. The summed E-state index contributed by atoms with van der Waals surface area (Å²) in [6.45, 7) is 2.26. The van der Waals surface area contributed by atoms with Gasteiger partial charge in [-0.15, -0.1) is 0 Å². The summed E-state index contributed by atoms with van der Waals surface area (Å²) in [6.07, 6.45) is 21.8. The molecule has 0 aliphatic rings. The minimum Gasteiger partial charge on any atom is -0.508 e. The third-order valence-corrected chi connectivity index (χ3v) is 5.08. The van der Waals surface area contributed by atoms with Crippen molar-refractivity contribution in [2.45, 2.75) is 103 Å². The van der Waals surface area contributed by atoms with E-state index in [0.29, 0.717) is 12.0 Å². The van der Waals surface area contributed by atoms with E-state index in [9.17, 15) is 15.0 Å². The van der Waals surface area contributed by atoms with Gasteiger partial charge in [0.2, 0.25) is 0 Å². The summed E-state index contributed by atoms with van der Waals surface area (Å²) in [4.78, 5) is 12.0. The molecular weight excluding hydrogens is 348 g/mol. The smallest absolute Gasteiger partial charge is 0.137 e. The van der Waals surface area contributed by atoms with Gasteiger partial charge >= 0.3 is 0 Å². The molecule has 28 heavy (non-hydrogen) atoms. The van der Waals surface area contributed by atoms with Crippen LogP contribution in [0, 0.1) is 0 Å². The lowest BCUT2D eigenvalue weighted by molar-refractivity contribution is -0.118. The Labute approximate surface area is 171 Å². The Hall–Kier alpha value is -1.77. The molecule has 0 unspecified atom stereocenters. The lowest BCUT2D eigenvalue weighted by Gasteiger charge is -2.04. The number of phenols is 2. The molecule has 1 rings (SSSR count). The van der Waals surface area contributed by atoms with Gasteiger partial charge in [-0.1, -0.05) is 70.4 Å².